The van der Waals surface area contributed by atoms with E-state index in [0.717, 1.165) is 0 Å². The van der Waals surface area contributed by atoms with Crippen LogP contribution in [-0.4, -0.2) is 41.5 Å². The van der Waals surface area contributed by atoms with Crippen molar-refractivity contribution in [1.82, 2.24) is 10.6 Å². The summed E-state index contributed by atoms with van der Waals surface area (Å²) < 4.78 is 0. The Morgan fingerprint density at radius 1 is 1.28 bits per heavy atom. The molecule has 0 heterocycles. The van der Waals surface area contributed by atoms with Gasteiger partial charge in [-0.2, -0.15) is 0 Å². The predicted octanol–water partition coefficient (Wildman–Crippen LogP) is -0.935. The lowest BCUT2D eigenvalue weighted by Crippen LogP contribution is -2.50. The zero-order valence-corrected chi connectivity index (χ0v) is 10.9. The Morgan fingerprint density at radius 3 is 2.22 bits per heavy atom. The van der Waals surface area contributed by atoms with Gasteiger partial charge in [0.25, 0.3) is 0 Å². The number of aliphatic carboxylic acids is 1. The molecule has 0 aromatic rings. The molecule has 5 N–H and O–H groups in total. The maximum absolute atomic E-state index is 11.5. The number of carbonyl (C=O) groups is 3. The third-order valence-electron chi connectivity index (χ3n) is 2.63. The number of nitrogens with two attached hydrogens (primary N) is 1. The monoisotopic (exact) mass is 259 g/mol. The Morgan fingerprint density at radius 2 is 1.83 bits per heavy atom. The topological polar surface area (TPSA) is 122 Å². The summed E-state index contributed by atoms with van der Waals surface area (Å²) in [7, 11) is 0. The van der Waals surface area contributed by atoms with Crippen LogP contribution in [0, 0.1) is 5.92 Å². The molecular weight excluding hydrogens is 238 g/mol. The molecule has 3 unspecified atom stereocenters. The minimum atomic E-state index is -1.09. The second-order valence-corrected chi connectivity index (χ2v) is 4.28. The van der Waals surface area contributed by atoms with Crippen LogP contribution in [0.2, 0.25) is 0 Å². The molecule has 0 aliphatic rings. The number of amides is 2. The minimum absolute atomic E-state index is 0.185. The van der Waals surface area contributed by atoms with E-state index < -0.39 is 29.9 Å². The maximum Gasteiger partial charge on any atom is 0.326 e. The number of carbonyl (C=O) groups excluding carboxylic acids is 2. The second kappa shape index (κ2) is 7.65. The minimum Gasteiger partial charge on any atom is -0.480 e. The number of hydrogen-bond acceptors (Lipinski definition) is 4. The normalized spacial score (nSPS) is 15.3. The van der Waals surface area contributed by atoms with Gasteiger partial charge in [0, 0.05) is 0 Å². The van der Waals surface area contributed by atoms with Gasteiger partial charge in [0.15, 0.2) is 0 Å². The van der Waals surface area contributed by atoms with Crippen LogP contribution in [0.4, 0.5) is 0 Å². The van der Waals surface area contributed by atoms with Gasteiger partial charge in [-0.1, -0.05) is 20.3 Å². The van der Waals surface area contributed by atoms with Crippen LogP contribution in [-0.2, 0) is 14.4 Å². The van der Waals surface area contributed by atoms with Crippen molar-refractivity contribution in [3.63, 3.8) is 0 Å². The van der Waals surface area contributed by atoms with E-state index in [0.29, 0.717) is 6.42 Å². The SMILES string of the molecule is CCC(C)C(NC(=O)CNC(=O)C(C)N)C(=O)O. The van der Waals surface area contributed by atoms with E-state index in [1.807, 2.05) is 6.92 Å². The van der Waals surface area contributed by atoms with Crippen molar-refractivity contribution in [2.45, 2.75) is 39.3 Å². The van der Waals surface area contributed by atoms with Gasteiger partial charge in [0.05, 0.1) is 12.6 Å². The lowest BCUT2D eigenvalue weighted by molar-refractivity contribution is -0.143. The van der Waals surface area contributed by atoms with Crippen LogP contribution < -0.4 is 16.4 Å². The van der Waals surface area contributed by atoms with Crippen LogP contribution in [0.1, 0.15) is 27.2 Å². The molecular formula is C11H21N3O4. The maximum atomic E-state index is 11.5. The van der Waals surface area contributed by atoms with Gasteiger partial charge >= 0.3 is 5.97 Å². The van der Waals surface area contributed by atoms with E-state index in [1.54, 1.807) is 6.92 Å². The molecule has 0 rings (SSSR count). The standard InChI is InChI=1S/C11H21N3O4/c1-4-6(2)9(11(17)18)14-8(15)5-13-10(16)7(3)12/h6-7,9H,4-5,12H2,1-3H3,(H,13,16)(H,14,15)(H,17,18). The van der Waals surface area contributed by atoms with Crippen LogP contribution in [0.3, 0.4) is 0 Å². The fourth-order valence-electron chi connectivity index (χ4n) is 1.24. The van der Waals surface area contributed by atoms with E-state index in [1.165, 1.54) is 6.92 Å². The first-order valence-corrected chi connectivity index (χ1v) is 5.85. The summed E-state index contributed by atoms with van der Waals surface area (Å²) >= 11 is 0. The smallest absolute Gasteiger partial charge is 0.326 e. The van der Waals surface area contributed by atoms with Gasteiger partial charge in [-0.15, -0.1) is 0 Å². The molecule has 0 aliphatic carbocycles. The van der Waals surface area contributed by atoms with Crippen molar-refractivity contribution in [3.05, 3.63) is 0 Å². The molecule has 0 saturated heterocycles. The molecule has 0 saturated carbocycles. The number of rotatable bonds is 7. The lowest BCUT2D eigenvalue weighted by atomic mass is 9.99. The van der Waals surface area contributed by atoms with E-state index in [-0.39, 0.29) is 12.5 Å². The van der Waals surface area contributed by atoms with E-state index in [9.17, 15) is 14.4 Å². The molecule has 0 radical (unpaired) electrons. The molecule has 2 amide bonds. The average molecular weight is 259 g/mol. The zero-order chi connectivity index (χ0) is 14.3. The molecule has 104 valence electrons. The third kappa shape index (κ3) is 5.62. The molecule has 0 aromatic carbocycles. The quantitative estimate of drug-likeness (QED) is 0.470. The van der Waals surface area contributed by atoms with Crippen molar-refractivity contribution < 1.29 is 19.5 Å². The van der Waals surface area contributed by atoms with E-state index in [4.69, 9.17) is 10.8 Å². The molecule has 18 heavy (non-hydrogen) atoms. The Balaban J connectivity index is 4.27. The molecule has 0 aliphatic heterocycles. The highest BCUT2D eigenvalue weighted by molar-refractivity contribution is 5.89. The largest absolute Gasteiger partial charge is 0.480 e. The summed E-state index contributed by atoms with van der Waals surface area (Å²) in [6, 6.07) is -1.66. The summed E-state index contributed by atoms with van der Waals surface area (Å²) in [5, 5.41) is 13.6. The summed E-state index contributed by atoms with van der Waals surface area (Å²) in [4.78, 5) is 33.6. The van der Waals surface area contributed by atoms with Crippen LogP contribution in [0.15, 0.2) is 0 Å². The number of hydrogen-bond donors (Lipinski definition) is 4. The first-order valence-electron chi connectivity index (χ1n) is 5.85. The van der Waals surface area contributed by atoms with Gasteiger partial charge in [0.1, 0.15) is 6.04 Å². The Kier molecular flexibility index (Phi) is 6.96. The molecule has 3 atom stereocenters. The van der Waals surface area contributed by atoms with Crippen molar-refractivity contribution >= 4 is 17.8 Å². The summed E-state index contributed by atoms with van der Waals surface area (Å²) in [6.07, 6.45) is 0.628. The molecule has 0 bridgehead atoms. The van der Waals surface area contributed by atoms with Gasteiger partial charge in [-0.05, 0) is 12.8 Å². The van der Waals surface area contributed by atoms with Crippen molar-refractivity contribution in [3.8, 4) is 0 Å². The predicted molar refractivity (Wildman–Crippen MR) is 65.7 cm³/mol. The molecule has 7 nitrogen and oxygen atoms in total. The highest BCUT2D eigenvalue weighted by Gasteiger charge is 2.25. The summed E-state index contributed by atoms with van der Waals surface area (Å²) in [5.74, 6) is -2.27. The summed E-state index contributed by atoms with van der Waals surface area (Å²) in [5.41, 5.74) is 5.30. The first-order chi connectivity index (χ1) is 8.29. The third-order valence-corrected chi connectivity index (χ3v) is 2.63. The Bertz CT molecular complexity index is 317. The van der Waals surface area contributed by atoms with Crippen molar-refractivity contribution in [1.29, 1.82) is 0 Å². The second-order valence-electron chi connectivity index (χ2n) is 4.28. The molecule has 0 aromatic heterocycles. The lowest BCUT2D eigenvalue weighted by Gasteiger charge is -2.20. The molecule has 0 spiro atoms. The fourth-order valence-corrected chi connectivity index (χ4v) is 1.24. The van der Waals surface area contributed by atoms with Crippen LogP contribution in [0.5, 0.6) is 0 Å². The number of nitrogens with one attached hydrogen (secondary N) is 2. The summed E-state index contributed by atoms with van der Waals surface area (Å²) in [6.45, 7) is 4.79. The van der Waals surface area contributed by atoms with Gasteiger partial charge in [-0.3, -0.25) is 9.59 Å². The fraction of sp³-hybridized carbons (Fsp3) is 0.727. The number of carboxylic acids is 1. The van der Waals surface area contributed by atoms with Gasteiger partial charge in [0.2, 0.25) is 11.8 Å². The highest BCUT2D eigenvalue weighted by Crippen LogP contribution is 2.07. The zero-order valence-electron chi connectivity index (χ0n) is 10.9. The van der Waals surface area contributed by atoms with Crippen LogP contribution in [0.25, 0.3) is 0 Å². The van der Waals surface area contributed by atoms with Crippen molar-refractivity contribution in [2.24, 2.45) is 11.7 Å². The Labute approximate surface area is 106 Å². The van der Waals surface area contributed by atoms with Gasteiger partial charge < -0.3 is 21.5 Å². The molecule has 0 fully saturated rings. The van der Waals surface area contributed by atoms with E-state index in [2.05, 4.69) is 10.6 Å². The average Bonchev–Trinajstić information content (AvgIpc) is 2.31. The van der Waals surface area contributed by atoms with Crippen molar-refractivity contribution in [2.75, 3.05) is 6.54 Å². The number of carboxylic acid groups (broad SMARTS) is 1. The Hall–Kier alpha value is -1.63. The van der Waals surface area contributed by atoms with Crippen LogP contribution >= 0.6 is 0 Å². The first kappa shape index (κ1) is 16.4. The van der Waals surface area contributed by atoms with E-state index >= 15 is 0 Å². The highest BCUT2D eigenvalue weighted by atomic mass is 16.4. The van der Waals surface area contributed by atoms with Gasteiger partial charge in [-0.25, -0.2) is 4.79 Å². The molecule has 7 heteroatoms.